The maximum absolute atomic E-state index is 15.7. The minimum absolute atomic E-state index is 0.173. The molecule has 1 heterocycles. The quantitative estimate of drug-likeness (QED) is 0.154. The van der Waals surface area contributed by atoms with E-state index in [0.29, 0.717) is 16.8 Å². The molecule has 0 spiro atoms. The highest BCUT2D eigenvalue weighted by molar-refractivity contribution is 6.31. The monoisotopic (exact) mass is 645 g/mol. The smallest absolute Gasteiger partial charge is 0.343 e. The summed E-state index contributed by atoms with van der Waals surface area (Å²) in [5, 5.41) is 0. The molecule has 8 rings (SSSR count). The molecule has 8 heteroatoms. The van der Waals surface area contributed by atoms with Gasteiger partial charge in [0.1, 0.15) is 10.8 Å². The van der Waals surface area contributed by atoms with E-state index >= 15 is 4.79 Å². The lowest BCUT2D eigenvalue weighted by Gasteiger charge is -2.36. The van der Waals surface area contributed by atoms with Crippen LogP contribution in [0.2, 0.25) is 0 Å². The number of para-hydroxylation sites is 1. The van der Waals surface area contributed by atoms with Gasteiger partial charge >= 0.3 is 11.9 Å². The van der Waals surface area contributed by atoms with Gasteiger partial charge in [-0.15, -0.1) is 0 Å². The van der Waals surface area contributed by atoms with E-state index in [0.717, 1.165) is 4.90 Å². The number of esters is 2. The summed E-state index contributed by atoms with van der Waals surface area (Å²) in [5.41, 5.74) is -2.71. The van der Waals surface area contributed by atoms with E-state index in [-0.39, 0.29) is 22.6 Å². The first-order valence-corrected chi connectivity index (χ1v) is 15.8. The first-order chi connectivity index (χ1) is 23.9. The predicted molar refractivity (Wildman–Crippen MR) is 178 cm³/mol. The van der Waals surface area contributed by atoms with Gasteiger partial charge in [-0.3, -0.25) is 14.4 Å². The Morgan fingerprint density at radius 1 is 0.469 bits per heavy atom. The van der Waals surface area contributed by atoms with E-state index in [1.807, 2.05) is 0 Å². The van der Waals surface area contributed by atoms with Crippen molar-refractivity contribution in [1.29, 1.82) is 0 Å². The number of nitrogens with zero attached hydrogens (tertiary/aromatic N) is 1. The van der Waals surface area contributed by atoms with Crippen molar-refractivity contribution < 1.29 is 33.4 Å². The van der Waals surface area contributed by atoms with Gasteiger partial charge in [-0.25, -0.2) is 14.5 Å². The van der Waals surface area contributed by atoms with Crippen molar-refractivity contribution in [1.82, 2.24) is 0 Å². The van der Waals surface area contributed by atoms with Crippen molar-refractivity contribution in [3.8, 4) is 0 Å². The summed E-state index contributed by atoms with van der Waals surface area (Å²) in [5.74, 6) is -6.75. The van der Waals surface area contributed by atoms with Crippen LogP contribution in [0.3, 0.4) is 0 Å². The van der Waals surface area contributed by atoms with Gasteiger partial charge < -0.3 is 9.47 Å². The number of hydrogen-bond acceptors (Lipinski definition) is 7. The van der Waals surface area contributed by atoms with Crippen molar-refractivity contribution in [2.24, 2.45) is 11.8 Å². The Morgan fingerprint density at radius 2 is 0.796 bits per heavy atom. The summed E-state index contributed by atoms with van der Waals surface area (Å²) in [6, 6.07) is 41.8. The van der Waals surface area contributed by atoms with Crippen LogP contribution in [0.1, 0.15) is 31.8 Å². The molecule has 8 nitrogen and oxygen atoms in total. The minimum atomic E-state index is -2.02. The highest BCUT2D eigenvalue weighted by Crippen LogP contribution is 2.71. The van der Waals surface area contributed by atoms with Gasteiger partial charge in [0.15, 0.2) is 17.3 Å². The number of rotatable bonds is 7. The lowest BCUT2D eigenvalue weighted by atomic mass is 9.65. The number of hydrogen-bond donors (Lipinski definition) is 0. The van der Waals surface area contributed by atoms with Crippen LogP contribution in [0.15, 0.2) is 163 Å². The van der Waals surface area contributed by atoms with Crippen molar-refractivity contribution in [3.63, 3.8) is 0 Å². The Morgan fingerprint density at radius 3 is 1.16 bits per heavy atom. The minimum Gasteiger partial charge on any atom is -0.422 e. The number of amides is 2. The lowest BCUT2D eigenvalue weighted by Crippen LogP contribution is -2.46. The molecule has 238 valence electrons. The summed E-state index contributed by atoms with van der Waals surface area (Å²) in [6.07, 6.45) is 0. The number of carbonyl (C=O) groups excluding carboxylic acids is 5. The number of fused-ring (bicyclic) bond motifs is 5. The number of ether oxygens (including phenoxy) is 2. The number of ketones is 1. The Balaban J connectivity index is 1.46. The van der Waals surface area contributed by atoms with E-state index in [9.17, 15) is 19.2 Å². The van der Waals surface area contributed by atoms with E-state index in [1.165, 1.54) is 0 Å². The zero-order valence-electron chi connectivity index (χ0n) is 25.9. The van der Waals surface area contributed by atoms with Gasteiger partial charge in [-0.05, 0) is 47.5 Å². The fraction of sp³-hybridized carbons (Fsp3) is 0.0976. The number of allylic oxidation sites excluding steroid dienone is 2. The fourth-order valence-corrected chi connectivity index (χ4v) is 7.81. The normalized spacial score (nSPS) is 23.8. The Labute approximate surface area is 281 Å². The molecule has 5 aromatic rings. The Bertz CT molecular complexity index is 2030. The molecule has 0 aromatic heterocycles. The van der Waals surface area contributed by atoms with Gasteiger partial charge in [0, 0.05) is 0 Å². The molecule has 1 saturated carbocycles. The lowest BCUT2D eigenvalue weighted by molar-refractivity contribution is -0.131. The van der Waals surface area contributed by atoms with E-state index in [4.69, 9.17) is 9.47 Å². The molecular weight excluding hydrogens is 618 g/mol. The van der Waals surface area contributed by atoms with Gasteiger partial charge in [0.2, 0.25) is 11.8 Å². The van der Waals surface area contributed by atoms with Gasteiger partial charge in [0.25, 0.3) is 0 Å². The van der Waals surface area contributed by atoms with Crippen LogP contribution < -0.4 is 4.90 Å². The van der Waals surface area contributed by atoms with E-state index < -0.39 is 52.2 Å². The van der Waals surface area contributed by atoms with Crippen molar-refractivity contribution in [2.75, 3.05) is 4.90 Å². The van der Waals surface area contributed by atoms with Crippen LogP contribution in [0.5, 0.6) is 0 Å². The average Bonchev–Trinajstić information content (AvgIpc) is 3.65. The third-order valence-corrected chi connectivity index (χ3v) is 9.76. The highest BCUT2D eigenvalue weighted by atomic mass is 16.6. The zero-order valence-corrected chi connectivity index (χ0v) is 25.9. The summed E-state index contributed by atoms with van der Waals surface area (Å²) in [7, 11) is 0. The van der Waals surface area contributed by atoms with Crippen molar-refractivity contribution in [3.05, 3.63) is 185 Å². The molecule has 1 saturated heterocycles. The number of carbonyl (C=O) groups is 5. The van der Waals surface area contributed by atoms with Crippen LogP contribution in [-0.2, 0) is 34.7 Å². The van der Waals surface area contributed by atoms with Crippen LogP contribution in [0.25, 0.3) is 0 Å². The van der Waals surface area contributed by atoms with Gasteiger partial charge in [0.05, 0.1) is 28.7 Å². The first-order valence-electron chi connectivity index (χ1n) is 15.8. The summed E-state index contributed by atoms with van der Waals surface area (Å²) < 4.78 is 12.5. The molecule has 4 atom stereocenters. The van der Waals surface area contributed by atoms with Crippen LogP contribution in [0.4, 0.5) is 5.69 Å². The molecular formula is C41H27NO7. The van der Waals surface area contributed by atoms with Crippen LogP contribution in [-0.4, -0.2) is 29.5 Å². The van der Waals surface area contributed by atoms with Crippen molar-refractivity contribution >= 4 is 35.2 Å². The average molecular weight is 646 g/mol. The van der Waals surface area contributed by atoms with Crippen molar-refractivity contribution in [2.45, 2.75) is 10.8 Å². The largest absolute Gasteiger partial charge is 0.422 e. The molecule has 0 unspecified atom stereocenters. The molecule has 49 heavy (non-hydrogen) atoms. The molecule has 0 N–H and O–H groups in total. The summed E-state index contributed by atoms with van der Waals surface area (Å²) in [4.78, 5) is 74.3. The molecule has 1 aliphatic heterocycles. The molecule has 2 aliphatic carbocycles. The van der Waals surface area contributed by atoms with E-state index in [2.05, 4.69) is 0 Å². The fourth-order valence-electron chi connectivity index (χ4n) is 7.81. The standard InChI is InChI=1S/C41H27NO7/c43-35-31-32(36(44)42(35)30-24-14-5-15-25-30)41(29-22-12-4-13-23-29)34(49-38(46)27-18-8-2-9-19-27)33(48-37(45)26-16-6-1-7-17-26)40(31,39(41)47)28-20-10-3-11-21-28/h1-25,31-32H/t31-,32+,40-,41-/m0/s1. The first kappa shape index (κ1) is 30.0. The molecule has 0 radical (unpaired) electrons. The number of benzene rings is 5. The van der Waals surface area contributed by atoms with E-state index in [1.54, 1.807) is 152 Å². The number of anilines is 1. The highest BCUT2D eigenvalue weighted by Gasteiger charge is 2.85. The topological polar surface area (TPSA) is 107 Å². The second kappa shape index (κ2) is 11.4. The second-order valence-corrected chi connectivity index (χ2v) is 12.1. The predicted octanol–water partition coefficient (Wildman–Crippen LogP) is 6.19. The Hall–Kier alpha value is -6.41. The van der Waals surface area contributed by atoms with Crippen LogP contribution >= 0.6 is 0 Å². The zero-order chi connectivity index (χ0) is 33.8. The Kier molecular flexibility index (Phi) is 6.96. The third-order valence-electron chi connectivity index (χ3n) is 9.76. The number of imide groups is 1. The second-order valence-electron chi connectivity index (χ2n) is 12.1. The SMILES string of the molecule is O=C(OC1=C(OC(=O)c2ccccc2)[C@@]2(c3ccccc3)C(=O)[C@@]1(c1ccccc1)[C@@H]1C(=O)N(c3ccccc3)C(=O)[C@@H]12)c1ccccc1. The molecule has 2 bridgehead atoms. The summed E-state index contributed by atoms with van der Waals surface area (Å²) >= 11 is 0. The number of Topliss-reactive ketones (excluding diaryl/α,β-unsaturated/α-hetero) is 1. The molecule has 2 fully saturated rings. The maximum atomic E-state index is 15.7. The van der Waals surface area contributed by atoms with Crippen LogP contribution in [0, 0.1) is 11.8 Å². The molecule has 5 aromatic carbocycles. The molecule has 3 aliphatic rings. The maximum Gasteiger partial charge on any atom is 0.343 e. The summed E-state index contributed by atoms with van der Waals surface area (Å²) in [6.45, 7) is 0. The van der Waals surface area contributed by atoms with Gasteiger partial charge in [-0.1, -0.05) is 115 Å². The van der Waals surface area contributed by atoms with Gasteiger partial charge in [-0.2, -0.15) is 0 Å². The molecule has 2 amide bonds. The third kappa shape index (κ3) is 4.13.